The van der Waals surface area contributed by atoms with E-state index in [1.54, 1.807) is 11.3 Å². The Morgan fingerprint density at radius 1 is 1.36 bits per heavy atom. The summed E-state index contributed by atoms with van der Waals surface area (Å²) in [6.45, 7) is 6.35. The van der Waals surface area contributed by atoms with Crippen LogP contribution in [-0.2, 0) is 4.79 Å². The summed E-state index contributed by atoms with van der Waals surface area (Å²) in [6, 6.07) is 7.78. The van der Waals surface area contributed by atoms with Crippen LogP contribution in [0.2, 0.25) is 0 Å². The fourth-order valence-electron chi connectivity index (χ4n) is 3.36. The Kier molecular flexibility index (Phi) is 5.77. The molecule has 0 saturated carbocycles. The third-order valence-electron chi connectivity index (χ3n) is 4.83. The number of amides is 1. The lowest BCUT2D eigenvalue weighted by atomic mass is 10.0. The van der Waals surface area contributed by atoms with Crippen molar-refractivity contribution >= 4 is 50.2 Å². The van der Waals surface area contributed by atoms with Gasteiger partial charge in [0.1, 0.15) is 16.1 Å². The second-order valence-electron chi connectivity index (χ2n) is 7.17. The van der Waals surface area contributed by atoms with Gasteiger partial charge in [0, 0.05) is 18.8 Å². The van der Waals surface area contributed by atoms with Crippen LogP contribution in [0.4, 0.5) is 10.8 Å². The van der Waals surface area contributed by atoms with Gasteiger partial charge in [0.25, 0.3) is 0 Å². The number of hydrogen-bond acceptors (Lipinski definition) is 7. The van der Waals surface area contributed by atoms with E-state index >= 15 is 0 Å². The Morgan fingerprint density at radius 3 is 3.04 bits per heavy atom. The van der Waals surface area contributed by atoms with E-state index in [2.05, 4.69) is 27.1 Å². The van der Waals surface area contributed by atoms with E-state index < -0.39 is 0 Å². The van der Waals surface area contributed by atoms with Crippen molar-refractivity contribution in [3.63, 3.8) is 0 Å². The summed E-state index contributed by atoms with van der Waals surface area (Å²) < 4.78 is 0.962. The average molecular weight is 414 g/mol. The summed E-state index contributed by atoms with van der Waals surface area (Å²) in [6.07, 6.45) is 4.01. The normalized spacial score (nSPS) is 17.1. The average Bonchev–Trinajstić information content (AvgIpc) is 3.13. The number of carbonyl (C=O) groups is 1. The SMILES string of the molecule is Cc1ccccc1NC(=O)CSc1ncnc2nc(N3CCC[C@@H](C)C3)sc12. The molecule has 1 aliphatic heterocycles. The van der Waals surface area contributed by atoms with Crippen molar-refractivity contribution in [1.29, 1.82) is 0 Å². The molecule has 1 fully saturated rings. The van der Waals surface area contributed by atoms with Gasteiger partial charge in [-0.25, -0.2) is 9.97 Å². The predicted octanol–water partition coefficient (Wildman–Crippen LogP) is 4.36. The summed E-state index contributed by atoms with van der Waals surface area (Å²) in [5, 5.41) is 4.79. The van der Waals surface area contributed by atoms with E-state index in [0.29, 0.717) is 11.7 Å². The first-order chi connectivity index (χ1) is 13.6. The number of aromatic nitrogens is 3. The van der Waals surface area contributed by atoms with Gasteiger partial charge in [-0.05, 0) is 37.3 Å². The number of aryl methyl sites for hydroxylation is 1. The van der Waals surface area contributed by atoms with Gasteiger partial charge in [0.05, 0.1) is 5.75 Å². The molecule has 8 heteroatoms. The zero-order valence-corrected chi connectivity index (χ0v) is 17.6. The minimum Gasteiger partial charge on any atom is -0.348 e. The van der Waals surface area contributed by atoms with Crippen LogP contribution in [0.3, 0.4) is 0 Å². The van der Waals surface area contributed by atoms with Gasteiger partial charge in [-0.3, -0.25) is 4.79 Å². The van der Waals surface area contributed by atoms with Gasteiger partial charge >= 0.3 is 0 Å². The number of para-hydroxylation sites is 1. The molecule has 2 aromatic heterocycles. The number of hydrogen-bond donors (Lipinski definition) is 1. The van der Waals surface area contributed by atoms with Gasteiger partial charge in [-0.1, -0.05) is 48.2 Å². The molecule has 1 saturated heterocycles. The van der Waals surface area contributed by atoms with Crippen LogP contribution < -0.4 is 10.2 Å². The molecule has 0 unspecified atom stereocenters. The van der Waals surface area contributed by atoms with Crippen LogP contribution in [0.5, 0.6) is 0 Å². The fraction of sp³-hybridized carbons (Fsp3) is 0.400. The van der Waals surface area contributed by atoms with E-state index in [-0.39, 0.29) is 5.91 Å². The number of nitrogens with zero attached hydrogens (tertiary/aromatic N) is 4. The monoisotopic (exact) mass is 413 g/mol. The number of nitrogens with one attached hydrogen (secondary N) is 1. The molecule has 4 rings (SSSR count). The molecular formula is C20H23N5OS2. The first kappa shape index (κ1) is 19.1. The quantitative estimate of drug-likeness (QED) is 0.495. The van der Waals surface area contributed by atoms with Crippen LogP contribution in [-0.4, -0.2) is 39.7 Å². The molecule has 146 valence electrons. The van der Waals surface area contributed by atoms with Crippen molar-refractivity contribution in [1.82, 2.24) is 15.0 Å². The number of fused-ring (bicyclic) bond motifs is 1. The summed E-state index contributed by atoms with van der Waals surface area (Å²) >= 11 is 3.06. The second-order valence-corrected chi connectivity index (χ2v) is 9.11. The van der Waals surface area contributed by atoms with Crippen molar-refractivity contribution in [3.05, 3.63) is 36.2 Å². The lowest BCUT2D eigenvalue weighted by Crippen LogP contribution is -2.34. The van der Waals surface area contributed by atoms with Crippen molar-refractivity contribution in [2.45, 2.75) is 31.7 Å². The third-order valence-corrected chi connectivity index (χ3v) is 7.06. The van der Waals surface area contributed by atoms with E-state index in [1.165, 1.54) is 30.9 Å². The van der Waals surface area contributed by atoms with Crippen LogP contribution in [0.15, 0.2) is 35.6 Å². The van der Waals surface area contributed by atoms with Crippen LogP contribution in [0, 0.1) is 12.8 Å². The molecule has 0 aliphatic carbocycles. The minimum atomic E-state index is -0.0411. The summed E-state index contributed by atoms with van der Waals surface area (Å²) in [5.74, 6) is 0.945. The van der Waals surface area contributed by atoms with E-state index in [4.69, 9.17) is 4.98 Å². The summed E-state index contributed by atoms with van der Waals surface area (Å²) in [7, 11) is 0. The van der Waals surface area contributed by atoms with Gasteiger partial charge < -0.3 is 10.2 Å². The molecule has 1 N–H and O–H groups in total. The Hall–Kier alpha value is -2.19. The van der Waals surface area contributed by atoms with Gasteiger partial charge in [0.15, 0.2) is 10.8 Å². The Morgan fingerprint density at radius 2 is 2.21 bits per heavy atom. The highest BCUT2D eigenvalue weighted by atomic mass is 32.2. The maximum atomic E-state index is 12.4. The lowest BCUT2D eigenvalue weighted by Gasteiger charge is -2.30. The van der Waals surface area contributed by atoms with E-state index in [1.807, 2.05) is 31.2 Å². The molecule has 3 aromatic rings. The molecule has 6 nitrogen and oxygen atoms in total. The van der Waals surface area contributed by atoms with Crippen LogP contribution in [0.1, 0.15) is 25.3 Å². The number of carbonyl (C=O) groups excluding carboxylic acids is 1. The summed E-state index contributed by atoms with van der Waals surface area (Å²) in [5.41, 5.74) is 2.61. The minimum absolute atomic E-state index is 0.0411. The van der Waals surface area contributed by atoms with Gasteiger partial charge in [0.2, 0.25) is 5.91 Å². The number of piperidine rings is 1. The highest BCUT2D eigenvalue weighted by Crippen LogP contribution is 2.35. The molecule has 1 aliphatic rings. The van der Waals surface area contributed by atoms with Gasteiger partial charge in [-0.15, -0.1) is 0 Å². The van der Waals surface area contributed by atoms with Crippen molar-refractivity contribution < 1.29 is 4.79 Å². The molecule has 0 bridgehead atoms. The van der Waals surface area contributed by atoms with E-state index in [0.717, 1.165) is 44.8 Å². The first-order valence-electron chi connectivity index (χ1n) is 9.45. The highest BCUT2D eigenvalue weighted by Gasteiger charge is 2.21. The van der Waals surface area contributed by atoms with Crippen LogP contribution in [0.25, 0.3) is 10.3 Å². The van der Waals surface area contributed by atoms with E-state index in [9.17, 15) is 4.79 Å². The molecular weight excluding hydrogens is 390 g/mol. The third kappa shape index (κ3) is 4.28. The van der Waals surface area contributed by atoms with Crippen molar-refractivity contribution in [3.8, 4) is 0 Å². The highest BCUT2D eigenvalue weighted by molar-refractivity contribution is 8.00. The maximum absolute atomic E-state index is 12.4. The molecule has 3 heterocycles. The smallest absolute Gasteiger partial charge is 0.234 e. The fourth-order valence-corrected chi connectivity index (χ4v) is 5.28. The number of rotatable bonds is 5. The van der Waals surface area contributed by atoms with Crippen molar-refractivity contribution in [2.24, 2.45) is 5.92 Å². The zero-order valence-electron chi connectivity index (χ0n) is 16.0. The number of thioether (sulfide) groups is 1. The second kappa shape index (κ2) is 8.45. The largest absolute Gasteiger partial charge is 0.348 e. The number of benzene rings is 1. The number of anilines is 2. The Balaban J connectivity index is 1.46. The molecule has 1 atom stereocenters. The Bertz CT molecular complexity index is 990. The first-order valence-corrected chi connectivity index (χ1v) is 11.2. The molecule has 1 aromatic carbocycles. The molecule has 28 heavy (non-hydrogen) atoms. The Labute approximate surface area is 172 Å². The topological polar surface area (TPSA) is 71.0 Å². The standard InChI is InChI=1S/C20H23N5OS2/c1-13-6-5-9-25(10-13)20-24-18-17(28-20)19(22-12-21-18)27-11-16(26)23-15-8-4-3-7-14(15)2/h3-4,7-8,12-13H,5-6,9-11H2,1-2H3,(H,23,26)/t13-/m1/s1. The predicted molar refractivity (Wildman–Crippen MR) is 116 cm³/mol. The maximum Gasteiger partial charge on any atom is 0.234 e. The zero-order chi connectivity index (χ0) is 19.5. The molecule has 0 radical (unpaired) electrons. The number of thiazole rings is 1. The van der Waals surface area contributed by atoms with Crippen molar-refractivity contribution in [2.75, 3.05) is 29.1 Å². The molecule has 1 amide bonds. The van der Waals surface area contributed by atoms with Crippen LogP contribution >= 0.6 is 23.1 Å². The lowest BCUT2D eigenvalue weighted by molar-refractivity contribution is -0.113. The van der Waals surface area contributed by atoms with Gasteiger partial charge in [-0.2, -0.15) is 4.98 Å². The summed E-state index contributed by atoms with van der Waals surface area (Å²) in [4.78, 5) is 28.2. The molecule has 0 spiro atoms.